The molecule has 0 unspecified atom stereocenters. The molecule has 0 saturated heterocycles. The number of pyridine rings is 1. The molecule has 1 aromatic heterocycles. The molecule has 1 saturated carbocycles. The predicted molar refractivity (Wildman–Crippen MR) is 99.2 cm³/mol. The van der Waals surface area contributed by atoms with Gasteiger partial charge in [-0.05, 0) is 61.1 Å². The molecule has 1 fully saturated rings. The van der Waals surface area contributed by atoms with Gasteiger partial charge in [0.15, 0.2) is 0 Å². The monoisotopic (exact) mass is 352 g/mol. The van der Waals surface area contributed by atoms with E-state index in [2.05, 4.69) is 11.1 Å². The van der Waals surface area contributed by atoms with Crippen molar-refractivity contribution in [3.05, 3.63) is 54.4 Å². The fourth-order valence-corrected chi connectivity index (χ4v) is 3.65. The number of amides is 1. The Bertz CT molecular complexity index is 776. The predicted octanol–water partition coefficient (Wildman–Crippen LogP) is 3.60. The Morgan fingerprint density at radius 2 is 1.85 bits per heavy atom. The van der Waals surface area contributed by atoms with Gasteiger partial charge in [-0.3, -0.25) is 14.6 Å². The normalized spacial score (nSPS) is 19.3. The molecule has 1 heterocycles. The first-order valence-corrected chi connectivity index (χ1v) is 9.09. The van der Waals surface area contributed by atoms with E-state index in [1.165, 1.54) is 0 Å². The average Bonchev–Trinajstić information content (AvgIpc) is 3.17. The molecule has 1 aromatic carbocycles. The summed E-state index contributed by atoms with van der Waals surface area (Å²) < 4.78 is 0. The standard InChI is InChI=1S/C21H24N2O3/c1-2-23(20(24)18-6-7-19(13-18)21(25)26)14-15-4-3-5-17(12-15)16-8-10-22-11-9-16/h3-5,8-12,18-19H,2,6-7,13-14H2,1H3,(H,25,26)/t18-,19+/m1/s1. The first-order chi connectivity index (χ1) is 12.6. The van der Waals surface area contributed by atoms with E-state index in [9.17, 15) is 9.59 Å². The van der Waals surface area contributed by atoms with E-state index in [4.69, 9.17) is 5.11 Å². The number of rotatable bonds is 6. The summed E-state index contributed by atoms with van der Waals surface area (Å²) in [5, 5.41) is 9.15. The number of carboxylic acids is 1. The number of nitrogens with zero attached hydrogens (tertiary/aromatic N) is 2. The van der Waals surface area contributed by atoms with Crippen LogP contribution in [0.25, 0.3) is 11.1 Å². The van der Waals surface area contributed by atoms with Gasteiger partial charge in [0.2, 0.25) is 5.91 Å². The second-order valence-electron chi connectivity index (χ2n) is 6.83. The van der Waals surface area contributed by atoms with E-state index < -0.39 is 5.97 Å². The molecule has 0 radical (unpaired) electrons. The Balaban J connectivity index is 1.70. The Morgan fingerprint density at radius 1 is 1.12 bits per heavy atom. The maximum atomic E-state index is 12.8. The SMILES string of the molecule is CCN(Cc1cccc(-c2ccncc2)c1)C(=O)[C@@H]1CC[C@H](C(=O)O)C1. The van der Waals surface area contributed by atoms with Gasteiger partial charge in [-0.1, -0.05) is 18.2 Å². The molecular weight excluding hydrogens is 328 g/mol. The summed E-state index contributed by atoms with van der Waals surface area (Å²) in [5.41, 5.74) is 3.26. The minimum absolute atomic E-state index is 0.0746. The molecule has 0 spiro atoms. The molecular formula is C21H24N2O3. The van der Waals surface area contributed by atoms with Crippen molar-refractivity contribution in [3.8, 4) is 11.1 Å². The molecule has 2 atom stereocenters. The van der Waals surface area contributed by atoms with Crippen LogP contribution in [-0.2, 0) is 16.1 Å². The van der Waals surface area contributed by atoms with Crippen molar-refractivity contribution in [2.45, 2.75) is 32.7 Å². The van der Waals surface area contributed by atoms with Crippen molar-refractivity contribution in [1.82, 2.24) is 9.88 Å². The van der Waals surface area contributed by atoms with Gasteiger partial charge in [-0.15, -0.1) is 0 Å². The fourth-order valence-electron chi connectivity index (χ4n) is 3.65. The lowest BCUT2D eigenvalue weighted by Crippen LogP contribution is -2.35. The number of hydrogen-bond donors (Lipinski definition) is 1. The highest BCUT2D eigenvalue weighted by Crippen LogP contribution is 2.32. The van der Waals surface area contributed by atoms with Gasteiger partial charge >= 0.3 is 5.97 Å². The fraction of sp³-hybridized carbons (Fsp3) is 0.381. The molecule has 136 valence electrons. The smallest absolute Gasteiger partial charge is 0.306 e. The van der Waals surface area contributed by atoms with E-state index in [1.807, 2.05) is 42.2 Å². The molecule has 3 rings (SSSR count). The third-order valence-corrected chi connectivity index (χ3v) is 5.14. The van der Waals surface area contributed by atoms with Crippen molar-refractivity contribution in [2.75, 3.05) is 6.54 Å². The number of carbonyl (C=O) groups excluding carboxylic acids is 1. The minimum atomic E-state index is -0.784. The largest absolute Gasteiger partial charge is 0.481 e. The summed E-state index contributed by atoms with van der Waals surface area (Å²) in [6.07, 6.45) is 5.26. The summed E-state index contributed by atoms with van der Waals surface area (Å²) in [4.78, 5) is 29.9. The number of carbonyl (C=O) groups is 2. The topological polar surface area (TPSA) is 70.5 Å². The van der Waals surface area contributed by atoms with E-state index >= 15 is 0 Å². The first kappa shape index (κ1) is 18.1. The Morgan fingerprint density at radius 3 is 2.50 bits per heavy atom. The Kier molecular flexibility index (Phi) is 5.66. The van der Waals surface area contributed by atoms with Crippen LogP contribution in [-0.4, -0.2) is 33.4 Å². The van der Waals surface area contributed by atoms with Crippen molar-refractivity contribution in [2.24, 2.45) is 11.8 Å². The molecule has 1 N–H and O–H groups in total. The van der Waals surface area contributed by atoms with Crippen LogP contribution in [0.15, 0.2) is 48.8 Å². The Labute approximate surface area is 153 Å². The quantitative estimate of drug-likeness (QED) is 0.862. The van der Waals surface area contributed by atoms with Crippen molar-refractivity contribution in [3.63, 3.8) is 0 Å². The van der Waals surface area contributed by atoms with Gasteiger partial charge in [0.25, 0.3) is 0 Å². The van der Waals surface area contributed by atoms with Crippen LogP contribution in [0.3, 0.4) is 0 Å². The van der Waals surface area contributed by atoms with Gasteiger partial charge in [0.05, 0.1) is 5.92 Å². The van der Waals surface area contributed by atoms with Gasteiger partial charge in [-0.25, -0.2) is 0 Å². The molecule has 1 aliphatic rings. The highest BCUT2D eigenvalue weighted by molar-refractivity contribution is 5.81. The summed E-state index contributed by atoms with van der Waals surface area (Å²) in [6.45, 7) is 3.13. The van der Waals surface area contributed by atoms with Gasteiger partial charge in [-0.2, -0.15) is 0 Å². The second kappa shape index (κ2) is 8.13. The highest BCUT2D eigenvalue weighted by atomic mass is 16.4. The van der Waals surface area contributed by atoms with Crippen LogP contribution in [0.2, 0.25) is 0 Å². The van der Waals surface area contributed by atoms with Crippen LogP contribution in [0.4, 0.5) is 0 Å². The van der Waals surface area contributed by atoms with Crippen LogP contribution in [0.1, 0.15) is 31.7 Å². The van der Waals surface area contributed by atoms with Crippen LogP contribution in [0.5, 0.6) is 0 Å². The number of carboxylic acid groups (broad SMARTS) is 1. The zero-order chi connectivity index (χ0) is 18.5. The lowest BCUT2D eigenvalue weighted by atomic mass is 10.0. The summed E-state index contributed by atoms with van der Waals surface area (Å²) in [7, 11) is 0. The lowest BCUT2D eigenvalue weighted by molar-refractivity contribution is -0.141. The van der Waals surface area contributed by atoms with E-state index in [1.54, 1.807) is 12.4 Å². The summed E-state index contributed by atoms with van der Waals surface area (Å²) >= 11 is 0. The van der Waals surface area contributed by atoms with Crippen LogP contribution < -0.4 is 0 Å². The molecule has 2 aromatic rings. The van der Waals surface area contributed by atoms with Crippen LogP contribution >= 0.6 is 0 Å². The summed E-state index contributed by atoms with van der Waals surface area (Å²) in [5.74, 6) is -1.25. The molecule has 1 aliphatic carbocycles. The maximum Gasteiger partial charge on any atom is 0.306 e. The third kappa shape index (κ3) is 4.10. The summed E-state index contributed by atoms with van der Waals surface area (Å²) in [6, 6.07) is 12.1. The second-order valence-corrected chi connectivity index (χ2v) is 6.83. The van der Waals surface area contributed by atoms with E-state index in [0.29, 0.717) is 32.4 Å². The van der Waals surface area contributed by atoms with Crippen LogP contribution in [0, 0.1) is 11.8 Å². The molecule has 1 amide bonds. The Hall–Kier alpha value is -2.69. The molecule has 5 nitrogen and oxygen atoms in total. The molecule has 0 aliphatic heterocycles. The number of aromatic nitrogens is 1. The van der Waals surface area contributed by atoms with Crippen molar-refractivity contribution < 1.29 is 14.7 Å². The van der Waals surface area contributed by atoms with Crippen molar-refractivity contribution >= 4 is 11.9 Å². The number of aliphatic carboxylic acids is 1. The molecule has 0 bridgehead atoms. The number of benzene rings is 1. The number of hydrogen-bond acceptors (Lipinski definition) is 3. The van der Waals surface area contributed by atoms with Crippen molar-refractivity contribution in [1.29, 1.82) is 0 Å². The zero-order valence-corrected chi connectivity index (χ0v) is 15.0. The van der Waals surface area contributed by atoms with Gasteiger partial charge in [0.1, 0.15) is 0 Å². The van der Waals surface area contributed by atoms with E-state index in [-0.39, 0.29) is 17.7 Å². The molecule has 5 heteroatoms. The molecule has 26 heavy (non-hydrogen) atoms. The average molecular weight is 352 g/mol. The van der Waals surface area contributed by atoms with Gasteiger partial charge in [0, 0.05) is 31.4 Å². The maximum absolute atomic E-state index is 12.8. The lowest BCUT2D eigenvalue weighted by Gasteiger charge is -2.24. The van der Waals surface area contributed by atoms with E-state index in [0.717, 1.165) is 16.7 Å². The minimum Gasteiger partial charge on any atom is -0.481 e. The third-order valence-electron chi connectivity index (χ3n) is 5.14. The highest BCUT2D eigenvalue weighted by Gasteiger charge is 2.35. The van der Waals surface area contributed by atoms with Gasteiger partial charge < -0.3 is 10.0 Å². The zero-order valence-electron chi connectivity index (χ0n) is 15.0. The first-order valence-electron chi connectivity index (χ1n) is 9.09.